The lowest BCUT2D eigenvalue weighted by Gasteiger charge is -2.19. The first-order valence-corrected chi connectivity index (χ1v) is 10.2. The number of ether oxygens (including phenoxy) is 1. The van der Waals surface area contributed by atoms with Crippen LogP contribution in [0.3, 0.4) is 0 Å². The SMILES string of the molecule is CCOC(=O)c1ccc(NC(=O)/C(C#N)=C\NC(c2ccccc2)c2ccccc2)cc1. The highest BCUT2D eigenvalue weighted by Gasteiger charge is 2.15. The molecule has 0 saturated heterocycles. The number of nitrogens with one attached hydrogen (secondary N) is 2. The molecule has 1 amide bonds. The van der Waals surface area contributed by atoms with E-state index in [2.05, 4.69) is 10.6 Å². The number of anilines is 1. The standard InChI is InChI=1S/C26H23N3O3/c1-2-32-26(31)21-13-15-23(16-14-21)29-25(30)22(17-27)18-28-24(19-9-5-3-6-10-19)20-11-7-4-8-12-20/h3-16,18,24,28H,2H2,1H3,(H,29,30)/b22-18-. The fourth-order valence-electron chi connectivity index (χ4n) is 3.09. The van der Waals surface area contributed by atoms with Gasteiger partial charge in [0.25, 0.3) is 5.91 Å². The van der Waals surface area contributed by atoms with Gasteiger partial charge in [-0.05, 0) is 42.3 Å². The summed E-state index contributed by atoms with van der Waals surface area (Å²) in [6.07, 6.45) is 1.42. The monoisotopic (exact) mass is 425 g/mol. The van der Waals surface area contributed by atoms with Gasteiger partial charge in [-0.1, -0.05) is 60.7 Å². The number of hydrogen-bond acceptors (Lipinski definition) is 5. The topological polar surface area (TPSA) is 91.2 Å². The van der Waals surface area contributed by atoms with Gasteiger partial charge in [0.15, 0.2) is 0 Å². The quantitative estimate of drug-likeness (QED) is 0.313. The molecule has 0 aliphatic heterocycles. The summed E-state index contributed by atoms with van der Waals surface area (Å²) in [6.45, 7) is 2.02. The molecule has 6 heteroatoms. The predicted molar refractivity (Wildman–Crippen MR) is 123 cm³/mol. The average molecular weight is 425 g/mol. The number of nitriles is 1. The minimum absolute atomic E-state index is 0.0728. The van der Waals surface area contributed by atoms with Gasteiger partial charge in [-0.15, -0.1) is 0 Å². The molecule has 32 heavy (non-hydrogen) atoms. The van der Waals surface area contributed by atoms with Crippen LogP contribution in [0.2, 0.25) is 0 Å². The molecule has 0 radical (unpaired) electrons. The maximum absolute atomic E-state index is 12.6. The first kappa shape index (κ1) is 22.3. The minimum atomic E-state index is -0.552. The summed E-state index contributed by atoms with van der Waals surface area (Å²) in [5, 5.41) is 15.4. The molecule has 3 rings (SSSR count). The number of rotatable bonds is 8. The third-order valence-corrected chi connectivity index (χ3v) is 4.68. The summed E-state index contributed by atoms with van der Waals surface area (Å²) in [6, 6.07) is 27.6. The summed E-state index contributed by atoms with van der Waals surface area (Å²) in [7, 11) is 0. The number of benzene rings is 3. The first-order valence-electron chi connectivity index (χ1n) is 10.2. The summed E-state index contributed by atoms with van der Waals surface area (Å²) in [5.41, 5.74) is 2.78. The van der Waals surface area contributed by atoms with Crippen molar-refractivity contribution in [3.63, 3.8) is 0 Å². The first-order chi connectivity index (χ1) is 15.6. The number of amides is 1. The smallest absolute Gasteiger partial charge is 0.338 e. The Morgan fingerprint density at radius 2 is 1.50 bits per heavy atom. The third kappa shape index (κ3) is 5.83. The van der Waals surface area contributed by atoms with Crippen molar-refractivity contribution in [2.24, 2.45) is 0 Å². The van der Waals surface area contributed by atoms with Crippen molar-refractivity contribution in [3.05, 3.63) is 113 Å². The van der Waals surface area contributed by atoms with Crippen LogP contribution < -0.4 is 10.6 Å². The lowest BCUT2D eigenvalue weighted by Crippen LogP contribution is -2.21. The fourth-order valence-corrected chi connectivity index (χ4v) is 3.09. The number of esters is 1. The molecule has 0 aromatic heterocycles. The van der Waals surface area contributed by atoms with Crippen molar-refractivity contribution in [1.82, 2.24) is 5.32 Å². The Morgan fingerprint density at radius 3 is 2.00 bits per heavy atom. The minimum Gasteiger partial charge on any atom is -0.462 e. The van der Waals surface area contributed by atoms with E-state index in [0.29, 0.717) is 11.3 Å². The Balaban J connectivity index is 1.74. The Kier molecular flexibility index (Phi) is 7.77. The van der Waals surface area contributed by atoms with E-state index in [4.69, 9.17) is 4.74 Å². The van der Waals surface area contributed by atoms with Crippen molar-refractivity contribution in [2.75, 3.05) is 11.9 Å². The average Bonchev–Trinajstić information content (AvgIpc) is 2.83. The third-order valence-electron chi connectivity index (χ3n) is 4.68. The van der Waals surface area contributed by atoms with Gasteiger partial charge in [0.1, 0.15) is 11.6 Å². The molecule has 6 nitrogen and oxygen atoms in total. The summed E-state index contributed by atoms with van der Waals surface area (Å²) in [5.74, 6) is -0.983. The Bertz CT molecular complexity index is 1080. The van der Waals surface area contributed by atoms with Crippen LogP contribution in [0, 0.1) is 11.3 Å². The molecule has 3 aromatic carbocycles. The van der Waals surface area contributed by atoms with E-state index in [0.717, 1.165) is 11.1 Å². The van der Waals surface area contributed by atoms with E-state index in [1.165, 1.54) is 6.20 Å². The molecule has 0 aliphatic rings. The highest BCUT2D eigenvalue weighted by molar-refractivity contribution is 6.06. The molecular weight excluding hydrogens is 402 g/mol. The number of carbonyl (C=O) groups excluding carboxylic acids is 2. The van der Waals surface area contributed by atoms with Gasteiger partial charge < -0.3 is 15.4 Å². The molecule has 0 saturated carbocycles. The Labute approximate surface area is 187 Å². The van der Waals surface area contributed by atoms with Crippen LogP contribution in [-0.2, 0) is 9.53 Å². The maximum atomic E-state index is 12.6. The van der Waals surface area contributed by atoms with E-state index in [9.17, 15) is 14.9 Å². The molecule has 0 fully saturated rings. The second kappa shape index (κ2) is 11.1. The second-order valence-corrected chi connectivity index (χ2v) is 6.84. The van der Waals surface area contributed by atoms with Crippen LogP contribution in [0.4, 0.5) is 5.69 Å². The summed E-state index contributed by atoms with van der Waals surface area (Å²) < 4.78 is 4.95. The summed E-state index contributed by atoms with van der Waals surface area (Å²) in [4.78, 5) is 24.4. The van der Waals surface area contributed by atoms with E-state index < -0.39 is 11.9 Å². The Morgan fingerprint density at radius 1 is 0.938 bits per heavy atom. The molecule has 3 aromatic rings. The zero-order valence-electron chi connectivity index (χ0n) is 17.6. The van der Waals surface area contributed by atoms with Gasteiger partial charge in [0, 0.05) is 11.9 Å². The Hall–Kier alpha value is -4.37. The molecule has 0 spiro atoms. The zero-order chi connectivity index (χ0) is 22.8. The molecule has 0 bridgehead atoms. The lowest BCUT2D eigenvalue weighted by atomic mass is 9.99. The van der Waals surface area contributed by atoms with Crippen LogP contribution >= 0.6 is 0 Å². The number of carbonyl (C=O) groups is 2. The van der Waals surface area contributed by atoms with Crippen LogP contribution in [0.5, 0.6) is 0 Å². The zero-order valence-corrected chi connectivity index (χ0v) is 17.6. The number of nitrogens with zero attached hydrogens (tertiary/aromatic N) is 1. The highest BCUT2D eigenvalue weighted by Crippen LogP contribution is 2.22. The van der Waals surface area contributed by atoms with Crippen LogP contribution in [0.25, 0.3) is 0 Å². The predicted octanol–water partition coefficient (Wildman–Crippen LogP) is 4.59. The number of hydrogen-bond donors (Lipinski definition) is 2. The van der Waals surface area contributed by atoms with Crippen LogP contribution in [-0.4, -0.2) is 18.5 Å². The van der Waals surface area contributed by atoms with Crippen molar-refractivity contribution in [1.29, 1.82) is 5.26 Å². The largest absolute Gasteiger partial charge is 0.462 e. The van der Waals surface area contributed by atoms with E-state index >= 15 is 0 Å². The molecule has 0 heterocycles. The van der Waals surface area contributed by atoms with Crippen LogP contribution in [0.1, 0.15) is 34.5 Å². The highest BCUT2D eigenvalue weighted by atomic mass is 16.5. The van der Waals surface area contributed by atoms with Crippen molar-refractivity contribution in [3.8, 4) is 6.07 Å². The summed E-state index contributed by atoms with van der Waals surface area (Å²) >= 11 is 0. The van der Waals surface area contributed by atoms with Crippen molar-refractivity contribution < 1.29 is 14.3 Å². The van der Waals surface area contributed by atoms with Gasteiger partial charge in [0.2, 0.25) is 0 Å². The van der Waals surface area contributed by atoms with Gasteiger partial charge in [-0.2, -0.15) is 5.26 Å². The second-order valence-electron chi connectivity index (χ2n) is 6.84. The van der Waals surface area contributed by atoms with Gasteiger partial charge in [-0.25, -0.2) is 4.79 Å². The molecule has 0 atom stereocenters. The maximum Gasteiger partial charge on any atom is 0.338 e. The van der Waals surface area contributed by atoms with E-state index in [1.54, 1.807) is 31.2 Å². The van der Waals surface area contributed by atoms with E-state index in [1.807, 2.05) is 66.7 Å². The lowest BCUT2D eigenvalue weighted by molar-refractivity contribution is -0.112. The van der Waals surface area contributed by atoms with Gasteiger partial charge >= 0.3 is 5.97 Å². The van der Waals surface area contributed by atoms with Gasteiger partial charge in [-0.3, -0.25) is 4.79 Å². The fraction of sp³-hybridized carbons (Fsp3) is 0.115. The van der Waals surface area contributed by atoms with E-state index in [-0.39, 0.29) is 18.2 Å². The van der Waals surface area contributed by atoms with Crippen molar-refractivity contribution in [2.45, 2.75) is 13.0 Å². The normalized spacial score (nSPS) is 10.8. The molecule has 0 aliphatic carbocycles. The molecular formula is C26H23N3O3. The molecule has 0 unspecified atom stereocenters. The molecule has 160 valence electrons. The van der Waals surface area contributed by atoms with Crippen molar-refractivity contribution >= 4 is 17.6 Å². The molecule has 2 N–H and O–H groups in total. The van der Waals surface area contributed by atoms with Gasteiger partial charge in [0.05, 0.1) is 18.2 Å². The van der Waals surface area contributed by atoms with Crippen LogP contribution in [0.15, 0.2) is 96.7 Å².